The summed E-state index contributed by atoms with van der Waals surface area (Å²) in [4.78, 5) is 7.30. The second-order valence-corrected chi connectivity index (χ2v) is 6.70. The molecule has 3 nitrogen and oxygen atoms in total. The molecular weight excluding hydrogens is 254 g/mol. The zero-order valence-electron chi connectivity index (χ0n) is 12.2. The van der Waals surface area contributed by atoms with Crippen LogP contribution in [0.15, 0.2) is 18.2 Å². The summed E-state index contributed by atoms with van der Waals surface area (Å²) in [7, 11) is 0. The van der Waals surface area contributed by atoms with Gasteiger partial charge in [-0.25, -0.2) is 0 Å². The molecule has 19 heavy (non-hydrogen) atoms. The first kappa shape index (κ1) is 14.8. The second kappa shape index (κ2) is 7.27. The Morgan fingerprint density at radius 2 is 2.21 bits per heavy atom. The molecule has 106 valence electrons. The van der Waals surface area contributed by atoms with Crippen LogP contribution in [0.2, 0.25) is 0 Å². The van der Waals surface area contributed by atoms with Gasteiger partial charge in [0.15, 0.2) is 0 Å². The largest absolute Gasteiger partial charge is 0.309 e. The van der Waals surface area contributed by atoms with E-state index in [4.69, 9.17) is 4.98 Å². The van der Waals surface area contributed by atoms with E-state index in [9.17, 15) is 0 Å². The van der Waals surface area contributed by atoms with E-state index in [1.54, 1.807) is 0 Å². The molecule has 1 aromatic rings. The molecule has 1 saturated heterocycles. The zero-order valence-corrected chi connectivity index (χ0v) is 13.0. The number of pyridine rings is 1. The summed E-state index contributed by atoms with van der Waals surface area (Å²) in [5.41, 5.74) is 2.34. The van der Waals surface area contributed by atoms with Crippen LogP contribution in [-0.4, -0.2) is 40.0 Å². The third-order valence-electron chi connectivity index (χ3n) is 3.43. The molecule has 2 heterocycles. The van der Waals surface area contributed by atoms with Crippen LogP contribution in [0, 0.1) is 0 Å². The Morgan fingerprint density at radius 1 is 1.42 bits per heavy atom. The highest BCUT2D eigenvalue weighted by Crippen LogP contribution is 2.18. The lowest BCUT2D eigenvalue weighted by molar-refractivity contribution is 0.221. The first-order valence-corrected chi connectivity index (χ1v) is 8.30. The molecule has 4 heteroatoms. The Hall–Kier alpha value is -0.580. The monoisotopic (exact) mass is 279 g/mol. The maximum atomic E-state index is 4.76. The zero-order chi connectivity index (χ0) is 13.7. The van der Waals surface area contributed by atoms with Gasteiger partial charge in [0.25, 0.3) is 0 Å². The van der Waals surface area contributed by atoms with Crippen molar-refractivity contribution in [1.82, 2.24) is 15.2 Å². The van der Waals surface area contributed by atoms with Crippen molar-refractivity contribution in [2.45, 2.75) is 45.9 Å². The molecule has 0 spiro atoms. The maximum Gasteiger partial charge on any atom is 0.0547 e. The molecule has 0 aromatic carbocycles. The van der Waals surface area contributed by atoms with E-state index >= 15 is 0 Å². The summed E-state index contributed by atoms with van der Waals surface area (Å²) >= 11 is 2.06. The Balaban J connectivity index is 1.94. The van der Waals surface area contributed by atoms with Crippen molar-refractivity contribution in [2.24, 2.45) is 0 Å². The molecule has 0 saturated carbocycles. The van der Waals surface area contributed by atoms with Gasteiger partial charge in [0.1, 0.15) is 0 Å². The standard InChI is InChI=1S/C15H25N3S/c1-12(2)16-9-14-5-4-6-15(17-14)10-18-7-8-19-11-13(18)3/h4-6,12-13,16H,7-11H2,1-3H3. The quantitative estimate of drug-likeness (QED) is 0.896. The lowest BCUT2D eigenvalue weighted by atomic mass is 10.2. The van der Waals surface area contributed by atoms with Crippen LogP contribution in [0.25, 0.3) is 0 Å². The maximum absolute atomic E-state index is 4.76. The van der Waals surface area contributed by atoms with Gasteiger partial charge in [0.2, 0.25) is 0 Å². The van der Waals surface area contributed by atoms with Crippen molar-refractivity contribution in [3.8, 4) is 0 Å². The fourth-order valence-corrected chi connectivity index (χ4v) is 3.31. The van der Waals surface area contributed by atoms with Crippen LogP contribution in [0.5, 0.6) is 0 Å². The number of rotatable bonds is 5. The van der Waals surface area contributed by atoms with Gasteiger partial charge >= 0.3 is 0 Å². The summed E-state index contributed by atoms with van der Waals surface area (Å²) in [5, 5.41) is 3.42. The van der Waals surface area contributed by atoms with Gasteiger partial charge < -0.3 is 5.32 Å². The summed E-state index contributed by atoms with van der Waals surface area (Å²) < 4.78 is 0. The summed E-state index contributed by atoms with van der Waals surface area (Å²) in [6, 6.07) is 7.55. The molecule has 1 fully saturated rings. The number of hydrogen-bond donors (Lipinski definition) is 1. The minimum Gasteiger partial charge on any atom is -0.309 e. The van der Waals surface area contributed by atoms with E-state index in [0.717, 1.165) is 18.8 Å². The molecule has 0 bridgehead atoms. The van der Waals surface area contributed by atoms with Gasteiger partial charge in [-0.2, -0.15) is 11.8 Å². The molecule has 1 atom stereocenters. The molecule has 0 amide bonds. The normalized spacial score (nSPS) is 20.9. The van der Waals surface area contributed by atoms with E-state index in [1.807, 2.05) is 0 Å². The van der Waals surface area contributed by atoms with Crippen molar-refractivity contribution in [3.05, 3.63) is 29.6 Å². The first-order chi connectivity index (χ1) is 9.15. The van der Waals surface area contributed by atoms with Crippen LogP contribution in [0.4, 0.5) is 0 Å². The molecule has 1 aliphatic rings. The predicted octanol–water partition coefficient (Wildman–Crippen LogP) is 2.52. The van der Waals surface area contributed by atoms with Crippen LogP contribution >= 0.6 is 11.8 Å². The van der Waals surface area contributed by atoms with Crippen LogP contribution in [-0.2, 0) is 13.1 Å². The molecule has 1 aromatic heterocycles. The van der Waals surface area contributed by atoms with Crippen LogP contribution in [0.3, 0.4) is 0 Å². The third kappa shape index (κ3) is 4.79. The molecule has 1 aliphatic heterocycles. The summed E-state index contributed by atoms with van der Waals surface area (Å²) in [5.74, 6) is 2.49. The smallest absolute Gasteiger partial charge is 0.0547 e. The number of hydrogen-bond acceptors (Lipinski definition) is 4. The fraction of sp³-hybridized carbons (Fsp3) is 0.667. The molecule has 0 aliphatic carbocycles. The number of nitrogens with one attached hydrogen (secondary N) is 1. The van der Waals surface area contributed by atoms with Gasteiger partial charge in [-0.15, -0.1) is 0 Å². The van der Waals surface area contributed by atoms with Crippen molar-refractivity contribution in [1.29, 1.82) is 0 Å². The van der Waals surface area contributed by atoms with E-state index in [-0.39, 0.29) is 0 Å². The van der Waals surface area contributed by atoms with Crippen LogP contribution in [0.1, 0.15) is 32.2 Å². The van der Waals surface area contributed by atoms with E-state index in [1.165, 1.54) is 23.7 Å². The molecule has 1 unspecified atom stereocenters. The highest BCUT2D eigenvalue weighted by molar-refractivity contribution is 7.99. The second-order valence-electron chi connectivity index (χ2n) is 5.55. The Morgan fingerprint density at radius 3 is 2.95 bits per heavy atom. The summed E-state index contributed by atoms with van der Waals surface area (Å²) in [6.45, 7) is 9.67. The highest BCUT2D eigenvalue weighted by atomic mass is 32.2. The van der Waals surface area contributed by atoms with Gasteiger partial charge in [0, 0.05) is 43.2 Å². The average Bonchev–Trinajstić information content (AvgIpc) is 2.40. The van der Waals surface area contributed by atoms with Crippen molar-refractivity contribution in [3.63, 3.8) is 0 Å². The molecule has 1 N–H and O–H groups in total. The Labute approximate surface area is 121 Å². The number of aromatic nitrogens is 1. The Kier molecular flexibility index (Phi) is 5.67. The summed E-state index contributed by atoms with van der Waals surface area (Å²) in [6.07, 6.45) is 0. The molecule has 0 radical (unpaired) electrons. The molecular formula is C15H25N3S. The molecule has 2 rings (SSSR count). The van der Waals surface area contributed by atoms with Crippen molar-refractivity contribution < 1.29 is 0 Å². The highest BCUT2D eigenvalue weighted by Gasteiger charge is 2.18. The van der Waals surface area contributed by atoms with Gasteiger partial charge in [-0.1, -0.05) is 19.9 Å². The average molecular weight is 279 g/mol. The minimum atomic E-state index is 0.504. The SMILES string of the molecule is CC(C)NCc1cccc(CN2CCSCC2C)n1. The van der Waals surface area contributed by atoms with E-state index in [2.05, 4.69) is 60.9 Å². The van der Waals surface area contributed by atoms with Gasteiger partial charge in [-0.05, 0) is 19.1 Å². The topological polar surface area (TPSA) is 28.2 Å². The number of nitrogens with zero attached hydrogens (tertiary/aromatic N) is 2. The lowest BCUT2D eigenvalue weighted by Crippen LogP contribution is -2.39. The first-order valence-electron chi connectivity index (χ1n) is 7.15. The van der Waals surface area contributed by atoms with Crippen LogP contribution < -0.4 is 5.32 Å². The van der Waals surface area contributed by atoms with Gasteiger partial charge in [0.05, 0.1) is 11.4 Å². The third-order valence-corrected chi connectivity index (χ3v) is 4.62. The minimum absolute atomic E-state index is 0.504. The van der Waals surface area contributed by atoms with Gasteiger partial charge in [-0.3, -0.25) is 9.88 Å². The predicted molar refractivity (Wildman–Crippen MR) is 83.4 cm³/mol. The van der Waals surface area contributed by atoms with Crippen molar-refractivity contribution >= 4 is 11.8 Å². The Bertz CT molecular complexity index is 395. The fourth-order valence-electron chi connectivity index (χ4n) is 2.23. The lowest BCUT2D eigenvalue weighted by Gasteiger charge is -2.32. The van der Waals surface area contributed by atoms with E-state index < -0.39 is 0 Å². The number of thioether (sulfide) groups is 1. The van der Waals surface area contributed by atoms with Crippen molar-refractivity contribution in [2.75, 3.05) is 18.1 Å². The van der Waals surface area contributed by atoms with E-state index in [0.29, 0.717) is 12.1 Å².